The molecule has 2 aromatic rings. The highest BCUT2D eigenvalue weighted by Crippen LogP contribution is 2.29. The summed E-state index contributed by atoms with van der Waals surface area (Å²) in [6.45, 7) is 2.10. The molecule has 0 saturated carbocycles. The lowest BCUT2D eigenvalue weighted by Gasteiger charge is -2.13. The van der Waals surface area contributed by atoms with Gasteiger partial charge in [-0.25, -0.2) is 0 Å². The molecule has 0 aliphatic heterocycles. The highest BCUT2D eigenvalue weighted by atomic mass is 32.1. The third-order valence-corrected chi connectivity index (χ3v) is 3.24. The second kappa shape index (κ2) is 6.50. The fourth-order valence-electron chi connectivity index (χ4n) is 1.95. The summed E-state index contributed by atoms with van der Waals surface area (Å²) in [5.41, 5.74) is 8.51. The van der Waals surface area contributed by atoms with Crippen molar-refractivity contribution in [1.82, 2.24) is 0 Å². The van der Waals surface area contributed by atoms with Crippen molar-refractivity contribution in [2.45, 2.75) is 13.3 Å². The van der Waals surface area contributed by atoms with E-state index in [2.05, 4.69) is 0 Å². The van der Waals surface area contributed by atoms with Crippen LogP contribution in [0.15, 0.2) is 42.5 Å². The van der Waals surface area contributed by atoms with E-state index >= 15 is 0 Å². The van der Waals surface area contributed by atoms with Crippen LogP contribution in [-0.2, 0) is 6.42 Å². The molecule has 0 unspecified atom stereocenters. The Kier molecular flexibility index (Phi) is 4.71. The monoisotopic (exact) mass is 287 g/mol. The summed E-state index contributed by atoms with van der Waals surface area (Å²) < 4.78 is 5.90. The van der Waals surface area contributed by atoms with E-state index in [4.69, 9.17) is 27.8 Å². The Labute approximate surface area is 124 Å². The number of para-hydroxylation sites is 1. The number of benzene rings is 2. The molecule has 0 aliphatic rings. The maximum Gasteiger partial charge on any atom is 0.140 e. The van der Waals surface area contributed by atoms with E-state index in [0.29, 0.717) is 17.2 Å². The van der Waals surface area contributed by atoms with Crippen LogP contribution in [0.2, 0.25) is 0 Å². The van der Waals surface area contributed by atoms with Gasteiger partial charge in [-0.05, 0) is 42.7 Å². The molecule has 4 heteroatoms. The van der Waals surface area contributed by atoms with Crippen molar-refractivity contribution in [2.24, 2.45) is 5.73 Å². The molecular formula is C16H17NO2S. The third-order valence-electron chi connectivity index (χ3n) is 3.02. The topological polar surface area (TPSA) is 55.5 Å². The van der Waals surface area contributed by atoms with E-state index in [1.54, 1.807) is 0 Å². The zero-order chi connectivity index (χ0) is 14.5. The van der Waals surface area contributed by atoms with Crippen molar-refractivity contribution in [3.63, 3.8) is 0 Å². The zero-order valence-corrected chi connectivity index (χ0v) is 12.1. The molecule has 0 aromatic heterocycles. The Balaban J connectivity index is 2.27. The van der Waals surface area contributed by atoms with Gasteiger partial charge in [-0.1, -0.05) is 36.5 Å². The minimum absolute atomic E-state index is 0.142. The van der Waals surface area contributed by atoms with Crippen LogP contribution in [0, 0.1) is 6.92 Å². The summed E-state index contributed by atoms with van der Waals surface area (Å²) in [6.07, 6.45) is 0.642. The van der Waals surface area contributed by atoms with Crippen molar-refractivity contribution < 1.29 is 9.84 Å². The Morgan fingerprint density at radius 3 is 2.50 bits per heavy atom. The van der Waals surface area contributed by atoms with Gasteiger partial charge < -0.3 is 15.6 Å². The zero-order valence-electron chi connectivity index (χ0n) is 11.3. The summed E-state index contributed by atoms with van der Waals surface area (Å²) in [6, 6.07) is 13.3. The first-order valence-corrected chi connectivity index (χ1v) is 6.79. The number of hydrogen-bond acceptors (Lipinski definition) is 3. The Morgan fingerprint density at radius 1 is 1.20 bits per heavy atom. The number of thiocarbonyl (C=S) groups is 1. The van der Waals surface area contributed by atoms with E-state index in [1.165, 1.54) is 0 Å². The predicted octanol–water partition coefficient (Wildman–Crippen LogP) is 2.96. The molecular weight excluding hydrogens is 270 g/mol. The third kappa shape index (κ3) is 3.35. The second-order valence-corrected chi connectivity index (χ2v) is 4.98. The molecule has 0 spiro atoms. The SMILES string of the molecule is Cc1cccc(C(N)=S)c1Oc1ccc(CCO)cc1. The van der Waals surface area contributed by atoms with Gasteiger partial charge in [0.2, 0.25) is 0 Å². The van der Waals surface area contributed by atoms with Gasteiger partial charge in [0.25, 0.3) is 0 Å². The van der Waals surface area contributed by atoms with Crippen LogP contribution < -0.4 is 10.5 Å². The van der Waals surface area contributed by atoms with Gasteiger partial charge in [-0.2, -0.15) is 0 Å². The number of ether oxygens (including phenoxy) is 1. The Morgan fingerprint density at radius 2 is 1.90 bits per heavy atom. The quantitative estimate of drug-likeness (QED) is 0.830. The van der Waals surface area contributed by atoms with E-state index in [0.717, 1.165) is 22.4 Å². The maximum atomic E-state index is 8.90. The van der Waals surface area contributed by atoms with Gasteiger partial charge in [0.1, 0.15) is 16.5 Å². The van der Waals surface area contributed by atoms with Crippen LogP contribution in [-0.4, -0.2) is 16.7 Å². The predicted molar refractivity (Wildman–Crippen MR) is 84.4 cm³/mol. The number of aryl methyl sites for hydroxylation is 1. The molecule has 104 valence electrons. The molecule has 2 rings (SSSR count). The number of aliphatic hydroxyl groups excluding tert-OH is 1. The van der Waals surface area contributed by atoms with E-state index in [9.17, 15) is 0 Å². The van der Waals surface area contributed by atoms with Gasteiger partial charge in [-0.3, -0.25) is 0 Å². The second-order valence-electron chi connectivity index (χ2n) is 4.54. The number of aliphatic hydroxyl groups is 1. The summed E-state index contributed by atoms with van der Waals surface area (Å²) in [7, 11) is 0. The smallest absolute Gasteiger partial charge is 0.140 e. The first-order chi connectivity index (χ1) is 9.61. The standard InChI is InChI=1S/C16H17NO2S/c1-11-3-2-4-14(16(17)20)15(11)19-13-7-5-12(6-8-13)9-10-18/h2-8,18H,9-10H2,1H3,(H2,17,20). The summed E-state index contributed by atoms with van der Waals surface area (Å²) >= 11 is 5.05. The lowest BCUT2D eigenvalue weighted by atomic mass is 10.1. The lowest BCUT2D eigenvalue weighted by Crippen LogP contribution is -2.11. The van der Waals surface area contributed by atoms with Gasteiger partial charge in [0, 0.05) is 6.61 Å². The summed E-state index contributed by atoms with van der Waals surface area (Å²) in [5, 5.41) is 8.90. The average Bonchev–Trinajstić information content (AvgIpc) is 2.43. The van der Waals surface area contributed by atoms with Gasteiger partial charge in [0.05, 0.1) is 5.56 Å². The molecule has 0 aliphatic carbocycles. The average molecular weight is 287 g/mol. The minimum Gasteiger partial charge on any atom is -0.456 e. The molecule has 3 nitrogen and oxygen atoms in total. The highest BCUT2D eigenvalue weighted by molar-refractivity contribution is 7.80. The van der Waals surface area contributed by atoms with Gasteiger partial charge >= 0.3 is 0 Å². The van der Waals surface area contributed by atoms with Crippen LogP contribution in [0.4, 0.5) is 0 Å². The van der Waals surface area contributed by atoms with E-state index in [1.807, 2.05) is 49.4 Å². The highest BCUT2D eigenvalue weighted by Gasteiger charge is 2.10. The van der Waals surface area contributed by atoms with Crippen molar-refractivity contribution in [1.29, 1.82) is 0 Å². The normalized spacial score (nSPS) is 10.3. The fourth-order valence-corrected chi connectivity index (χ4v) is 2.11. The summed E-state index contributed by atoms with van der Waals surface area (Å²) in [4.78, 5) is 0.320. The molecule has 0 atom stereocenters. The molecule has 0 fully saturated rings. The molecule has 2 aromatic carbocycles. The number of hydrogen-bond donors (Lipinski definition) is 2. The molecule has 0 bridgehead atoms. The number of nitrogens with two attached hydrogens (primary N) is 1. The van der Waals surface area contributed by atoms with Crippen LogP contribution in [0.25, 0.3) is 0 Å². The molecule has 0 radical (unpaired) electrons. The number of rotatable bonds is 5. The first kappa shape index (κ1) is 14.5. The fraction of sp³-hybridized carbons (Fsp3) is 0.188. The van der Waals surface area contributed by atoms with Crippen molar-refractivity contribution in [3.05, 3.63) is 59.2 Å². The summed E-state index contributed by atoms with van der Waals surface area (Å²) in [5.74, 6) is 1.41. The Hall–Kier alpha value is -1.91. The minimum atomic E-state index is 0.142. The van der Waals surface area contributed by atoms with Crippen molar-refractivity contribution >= 4 is 17.2 Å². The lowest BCUT2D eigenvalue weighted by molar-refractivity contribution is 0.299. The Bertz CT molecular complexity index is 608. The molecule has 0 saturated heterocycles. The molecule has 0 amide bonds. The van der Waals surface area contributed by atoms with Crippen LogP contribution >= 0.6 is 12.2 Å². The van der Waals surface area contributed by atoms with Crippen LogP contribution in [0.5, 0.6) is 11.5 Å². The van der Waals surface area contributed by atoms with Crippen molar-refractivity contribution in [3.8, 4) is 11.5 Å². The van der Waals surface area contributed by atoms with Crippen molar-refractivity contribution in [2.75, 3.05) is 6.61 Å². The van der Waals surface area contributed by atoms with Crippen LogP contribution in [0.3, 0.4) is 0 Å². The van der Waals surface area contributed by atoms with E-state index in [-0.39, 0.29) is 6.61 Å². The molecule has 3 N–H and O–H groups in total. The largest absolute Gasteiger partial charge is 0.456 e. The first-order valence-electron chi connectivity index (χ1n) is 6.39. The maximum absolute atomic E-state index is 8.90. The van der Waals surface area contributed by atoms with Crippen LogP contribution in [0.1, 0.15) is 16.7 Å². The molecule has 0 heterocycles. The molecule has 20 heavy (non-hydrogen) atoms. The van der Waals surface area contributed by atoms with Gasteiger partial charge in [0.15, 0.2) is 0 Å². The van der Waals surface area contributed by atoms with Gasteiger partial charge in [-0.15, -0.1) is 0 Å². The van der Waals surface area contributed by atoms with E-state index < -0.39 is 0 Å².